The lowest BCUT2D eigenvalue weighted by Gasteiger charge is -2.12. The van der Waals surface area contributed by atoms with Crippen LogP contribution in [0.15, 0.2) is 17.0 Å². The van der Waals surface area contributed by atoms with Crippen molar-refractivity contribution in [3.63, 3.8) is 0 Å². The molecule has 0 aliphatic carbocycles. The SMILES string of the molecule is CCOCCC(=O)Nc1cc(S(N)(=O)=O)cc(C)c1C. The molecule has 0 fully saturated rings. The van der Waals surface area contributed by atoms with Gasteiger partial charge < -0.3 is 10.1 Å². The molecule has 0 unspecified atom stereocenters. The molecule has 0 aromatic heterocycles. The first-order valence-corrected chi connectivity index (χ1v) is 7.82. The molecule has 1 rings (SSSR count). The van der Waals surface area contributed by atoms with Crippen LogP contribution in [0.4, 0.5) is 5.69 Å². The summed E-state index contributed by atoms with van der Waals surface area (Å²) in [6.45, 7) is 6.29. The van der Waals surface area contributed by atoms with E-state index < -0.39 is 10.0 Å². The lowest BCUT2D eigenvalue weighted by molar-refractivity contribution is -0.117. The fourth-order valence-electron chi connectivity index (χ4n) is 1.64. The second-order valence-electron chi connectivity index (χ2n) is 4.45. The summed E-state index contributed by atoms with van der Waals surface area (Å²) >= 11 is 0. The van der Waals surface area contributed by atoms with E-state index in [1.54, 1.807) is 13.8 Å². The molecule has 112 valence electrons. The molecule has 0 saturated carbocycles. The van der Waals surface area contributed by atoms with Gasteiger partial charge in [-0.1, -0.05) is 0 Å². The quantitative estimate of drug-likeness (QED) is 0.774. The number of sulfonamides is 1. The first-order chi connectivity index (χ1) is 9.25. The minimum Gasteiger partial charge on any atom is -0.381 e. The summed E-state index contributed by atoms with van der Waals surface area (Å²) in [6, 6.07) is 2.86. The smallest absolute Gasteiger partial charge is 0.238 e. The van der Waals surface area contributed by atoms with Crippen LogP contribution in [0.5, 0.6) is 0 Å². The molecule has 0 radical (unpaired) electrons. The lowest BCUT2D eigenvalue weighted by Crippen LogP contribution is -2.17. The van der Waals surface area contributed by atoms with Gasteiger partial charge in [0.05, 0.1) is 17.9 Å². The third-order valence-corrected chi connectivity index (χ3v) is 3.81. The molecular formula is C13H20N2O4S. The molecular weight excluding hydrogens is 280 g/mol. The molecule has 1 aromatic rings. The Morgan fingerprint density at radius 1 is 1.35 bits per heavy atom. The predicted molar refractivity (Wildman–Crippen MR) is 77.0 cm³/mol. The number of hydrogen-bond acceptors (Lipinski definition) is 4. The predicted octanol–water partition coefficient (Wildman–Crippen LogP) is 1.32. The van der Waals surface area contributed by atoms with Crippen LogP contribution in [0.1, 0.15) is 24.5 Å². The number of primary sulfonamides is 1. The summed E-state index contributed by atoms with van der Waals surface area (Å²) < 4.78 is 27.9. The number of anilines is 1. The maximum Gasteiger partial charge on any atom is 0.238 e. The number of nitrogens with two attached hydrogens (primary N) is 1. The Morgan fingerprint density at radius 3 is 2.55 bits per heavy atom. The van der Waals surface area contributed by atoms with Crippen LogP contribution in [0.2, 0.25) is 0 Å². The van der Waals surface area contributed by atoms with Crippen molar-refractivity contribution in [2.45, 2.75) is 32.1 Å². The maximum absolute atomic E-state index is 11.7. The van der Waals surface area contributed by atoms with Crippen LogP contribution in [-0.2, 0) is 19.6 Å². The van der Waals surface area contributed by atoms with E-state index in [9.17, 15) is 13.2 Å². The highest BCUT2D eigenvalue weighted by Crippen LogP contribution is 2.23. The number of carbonyl (C=O) groups is 1. The van der Waals surface area contributed by atoms with E-state index in [2.05, 4.69) is 5.32 Å². The summed E-state index contributed by atoms with van der Waals surface area (Å²) in [5, 5.41) is 7.80. The van der Waals surface area contributed by atoms with Gasteiger partial charge in [-0.15, -0.1) is 0 Å². The van der Waals surface area contributed by atoms with E-state index >= 15 is 0 Å². The second-order valence-corrected chi connectivity index (χ2v) is 6.01. The Morgan fingerprint density at radius 2 is 2.00 bits per heavy atom. The van der Waals surface area contributed by atoms with Crippen molar-refractivity contribution in [1.29, 1.82) is 0 Å². The van der Waals surface area contributed by atoms with Crippen LogP contribution in [0.25, 0.3) is 0 Å². The molecule has 0 atom stereocenters. The molecule has 0 aliphatic rings. The number of hydrogen-bond donors (Lipinski definition) is 2. The Bertz CT molecular complexity index is 597. The molecule has 3 N–H and O–H groups in total. The lowest BCUT2D eigenvalue weighted by atomic mass is 10.1. The van der Waals surface area contributed by atoms with Crippen molar-refractivity contribution >= 4 is 21.6 Å². The van der Waals surface area contributed by atoms with Crippen molar-refractivity contribution in [2.75, 3.05) is 18.5 Å². The van der Waals surface area contributed by atoms with Crippen LogP contribution in [0, 0.1) is 13.8 Å². The van der Waals surface area contributed by atoms with E-state index in [1.807, 2.05) is 6.92 Å². The van der Waals surface area contributed by atoms with Gasteiger partial charge in [-0.2, -0.15) is 0 Å². The number of benzene rings is 1. The van der Waals surface area contributed by atoms with E-state index in [4.69, 9.17) is 9.88 Å². The second kappa shape index (κ2) is 6.83. The molecule has 0 aliphatic heterocycles. The van der Waals surface area contributed by atoms with Gasteiger partial charge in [-0.05, 0) is 44.0 Å². The maximum atomic E-state index is 11.7. The van der Waals surface area contributed by atoms with E-state index in [0.717, 1.165) is 11.1 Å². The number of ether oxygens (including phenoxy) is 1. The molecule has 0 saturated heterocycles. The van der Waals surface area contributed by atoms with Crippen LogP contribution < -0.4 is 10.5 Å². The number of carbonyl (C=O) groups excluding carboxylic acids is 1. The summed E-state index contributed by atoms with van der Waals surface area (Å²) in [4.78, 5) is 11.7. The third kappa shape index (κ3) is 4.59. The highest BCUT2D eigenvalue weighted by Gasteiger charge is 2.14. The highest BCUT2D eigenvalue weighted by molar-refractivity contribution is 7.89. The average molecular weight is 300 g/mol. The van der Waals surface area contributed by atoms with Gasteiger partial charge in [-0.25, -0.2) is 13.6 Å². The van der Waals surface area contributed by atoms with Gasteiger partial charge >= 0.3 is 0 Å². The summed E-state index contributed by atoms with van der Waals surface area (Å²) in [7, 11) is -3.80. The van der Waals surface area contributed by atoms with Gasteiger partial charge in [0.1, 0.15) is 0 Å². The fourth-order valence-corrected chi connectivity index (χ4v) is 2.27. The van der Waals surface area contributed by atoms with Gasteiger partial charge in [0.15, 0.2) is 0 Å². The van der Waals surface area contributed by atoms with Crippen molar-refractivity contribution in [1.82, 2.24) is 0 Å². The Hall–Kier alpha value is -1.44. The van der Waals surface area contributed by atoms with Gasteiger partial charge in [-0.3, -0.25) is 4.79 Å². The first kappa shape index (κ1) is 16.6. The molecule has 20 heavy (non-hydrogen) atoms. The molecule has 0 bridgehead atoms. The van der Waals surface area contributed by atoms with Crippen molar-refractivity contribution in [3.05, 3.63) is 23.3 Å². The van der Waals surface area contributed by atoms with Gasteiger partial charge in [0.2, 0.25) is 15.9 Å². The van der Waals surface area contributed by atoms with Crippen LogP contribution >= 0.6 is 0 Å². The van der Waals surface area contributed by atoms with Gasteiger partial charge in [0.25, 0.3) is 0 Å². The minimum atomic E-state index is -3.80. The zero-order valence-electron chi connectivity index (χ0n) is 11.9. The third-order valence-electron chi connectivity index (χ3n) is 2.92. The Balaban J connectivity index is 2.95. The molecule has 7 heteroatoms. The molecule has 0 heterocycles. The van der Waals surface area contributed by atoms with Crippen molar-refractivity contribution in [2.24, 2.45) is 5.14 Å². The normalized spacial score (nSPS) is 11.4. The van der Waals surface area contributed by atoms with E-state index in [0.29, 0.717) is 18.9 Å². The number of aryl methyl sites for hydroxylation is 1. The van der Waals surface area contributed by atoms with E-state index in [-0.39, 0.29) is 17.2 Å². The standard InChI is InChI=1S/C13H20N2O4S/c1-4-19-6-5-13(16)15-12-8-11(20(14,17)18)7-9(2)10(12)3/h7-8H,4-6H2,1-3H3,(H,15,16)(H2,14,17,18). The highest BCUT2D eigenvalue weighted by atomic mass is 32.2. The van der Waals surface area contributed by atoms with Crippen molar-refractivity contribution in [3.8, 4) is 0 Å². The summed E-state index contributed by atoms with van der Waals surface area (Å²) in [5.41, 5.74) is 2.01. The van der Waals surface area contributed by atoms with Crippen LogP contribution in [0.3, 0.4) is 0 Å². The minimum absolute atomic E-state index is 0.0132. The van der Waals surface area contributed by atoms with Crippen molar-refractivity contribution < 1.29 is 17.9 Å². The van der Waals surface area contributed by atoms with Crippen LogP contribution in [-0.4, -0.2) is 27.5 Å². The zero-order valence-corrected chi connectivity index (χ0v) is 12.7. The van der Waals surface area contributed by atoms with E-state index in [1.165, 1.54) is 12.1 Å². The summed E-state index contributed by atoms with van der Waals surface area (Å²) in [5.74, 6) is -0.229. The largest absolute Gasteiger partial charge is 0.381 e. The first-order valence-electron chi connectivity index (χ1n) is 6.27. The Labute approximate surface area is 119 Å². The summed E-state index contributed by atoms with van der Waals surface area (Å²) in [6.07, 6.45) is 0.214. The topological polar surface area (TPSA) is 98.5 Å². The number of amides is 1. The molecule has 1 aromatic carbocycles. The average Bonchev–Trinajstić information content (AvgIpc) is 2.33. The zero-order chi connectivity index (χ0) is 15.3. The molecule has 0 spiro atoms. The molecule has 6 nitrogen and oxygen atoms in total. The monoisotopic (exact) mass is 300 g/mol. The number of nitrogens with one attached hydrogen (secondary N) is 1. The fraction of sp³-hybridized carbons (Fsp3) is 0.462. The van der Waals surface area contributed by atoms with Gasteiger partial charge in [0, 0.05) is 12.3 Å². The Kier molecular flexibility index (Phi) is 5.67. The molecule has 1 amide bonds. The number of rotatable bonds is 6.